The van der Waals surface area contributed by atoms with Crippen molar-refractivity contribution < 1.29 is 14.8 Å². The maximum Gasteiger partial charge on any atom is 0.275 e. The lowest BCUT2D eigenvalue weighted by atomic mass is 10.2. The Balaban J connectivity index is 2.81. The number of ether oxygens (including phenoxy) is 1. The van der Waals surface area contributed by atoms with Gasteiger partial charge in [0, 0.05) is 11.4 Å². The highest BCUT2D eigenvalue weighted by Crippen LogP contribution is 2.24. The number of nitrogens with zero attached hydrogens (tertiary/aromatic N) is 1. The van der Waals surface area contributed by atoms with Gasteiger partial charge in [-0.25, -0.2) is 0 Å². The van der Waals surface area contributed by atoms with Crippen molar-refractivity contribution in [3.8, 4) is 5.75 Å². The second-order valence-corrected chi connectivity index (χ2v) is 3.88. The maximum atomic E-state index is 10.7. The number of hydrogen-bond acceptors (Lipinski definition) is 4. The van der Waals surface area contributed by atoms with E-state index in [1.54, 1.807) is 6.07 Å². The number of aliphatic hydroxyl groups excluding tert-OH is 1. The molecule has 0 saturated heterocycles. The number of alkyl halides is 1. The molecule has 0 unspecified atom stereocenters. The van der Waals surface area contributed by atoms with Gasteiger partial charge in [0.25, 0.3) is 5.69 Å². The molecule has 1 aromatic rings. The van der Waals surface area contributed by atoms with Crippen LogP contribution in [0, 0.1) is 10.1 Å². The van der Waals surface area contributed by atoms with E-state index in [1.165, 1.54) is 12.1 Å². The summed E-state index contributed by atoms with van der Waals surface area (Å²) in [5.74, 6) is 0.545. The van der Waals surface area contributed by atoms with E-state index in [-0.39, 0.29) is 12.3 Å². The van der Waals surface area contributed by atoms with Crippen LogP contribution in [0.3, 0.4) is 0 Å². The van der Waals surface area contributed by atoms with Gasteiger partial charge in [-0.15, -0.1) is 0 Å². The highest BCUT2D eigenvalue weighted by molar-refractivity contribution is 9.09. The van der Waals surface area contributed by atoms with Gasteiger partial charge in [-0.3, -0.25) is 10.1 Å². The molecule has 1 N–H and O–H groups in total. The Bertz CT molecular complexity index is 389. The zero-order chi connectivity index (χ0) is 12.7. The molecular weight excluding hydrogens is 278 g/mol. The molecule has 0 aliphatic rings. The number of nitro benzene ring substituents is 1. The molecule has 0 aliphatic heterocycles. The van der Waals surface area contributed by atoms with Gasteiger partial charge >= 0.3 is 0 Å². The van der Waals surface area contributed by atoms with E-state index < -0.39 is 4.92 Å². The molecule has 0 aromatic heterocycles. The summed E-state index contributed by atoms with van der Waals surface area (Å²) >= 11 is 3.28. The van der Waals surface area contributed by atoms with Crippen LogP contribution in [0.2, 0.25) is 0 Å². The van der Waals surface area contributed by atoms with E-state index in [9.17, 15) is 10.1 Å². The summed E-state index contributed by atoms with van der Waals surface area (Å²) in [6, 6.07) is 4.43. The molecule has 0 atom stereocenters. The Morgan fingerprint density at radius 1 is 1.62 bits per heavy atom. The molecule has 88 valence electrons. The number of rotatable bonds is 7. The van der Waals surface area contributed by atoms with Gasteiger partial charge in [-0.05, 0) is 18.6 Å². The van der Waals surface area contributed by atoms with Gasteiger partial charge in [0.2, 0.25) is 1.43 Å². The van der Waals surface area contributed by atoms with Crippen molar-refractivity contribution in [1.29, 1.82) is 1.43 Å². The van der Waals surface area contributed by atoms with Crippen LogP contribution in [0.15, 0.2) is 18.2 Å². The van der Waals surface area contributed by atoms with Gasteiger partial charge in [0.05, 0.1) is 23.7 Å². The summed E-state index contributed by atoms with van der Waals surface area (Å²) in [5, 5.41) is 15.7. The van der Waals surface area contributed by atoms with Crippen LogP contribution in [-0.2, 0) is 6.61 Å². The van der Waals surface area contributed by atoms with E-state index in [0.717, 1.165) is 11.8 Å². The quantitative estimate of drug-likeness (QED) is 0.362. The molecule has 1 rings (SSSR count). The largest absolute Gasteiger partial charge is 0.494 e. The SMILES string of the molecule is [2H]OCc1cc(OCCCBr)ccc1[N+](=O)[O-]. The minimum absolute atomic E-state index is 0.0647. The summed E-state index contributed by atoms with van der Waals surface area (Å²) in [5.41, 5.74) is 0.270. The number of halogens is 1. The normalized spacial score (nSPS) is 10.9. The minimum atomic E-state index is -0.503. The lowest BCUT2D eigenvalue weighted by molar-refractivity contribution is -0.385. The molecule has 0 bridgehead atoms. The molecule has 16 heavy (non-hydrogen) atoms. The first kappa shape index (κ1) is 11.3. The lowest BCUT2D eigenvalue weighted by Crippen LogP contribution is -2.00. The van der Waals surface area contributed by atoms with Gasteiger partial charge < -0.3 is 9.85 Å². The van der Waals surface area contributed by atoms with Crippen molar-refractivity contribution in [3.63, 3.8) is 0 Å². The average molecular weight is 291 g/mol. The average Bonchev–Trinajstić information content (AvgIpc) is 2.30. The second kappa shape index (κ2) is 6.44. The zero-order valence-corrected chi connectivity index (χ0v) is 10.1. The summed E-state index contributed by atoms with van der Waals surface area (Å²) in [7, 11) is 0. The van der Waals surface area contributed by atoms with Crippen LogP contribution >= 0.6 is 15.9 Å². The number of benzene rings is 1. The molecule has 1 aromatic carbocycles. The highest BCUT2D eigenvalue weighted by atomic mass is 79.9. The number of nitro groups is 1. The predicted octanol–water partition coefficient (Wildman–Crippen LogP) is 2.25. The molecule has 0 spiro atoms. The Morgan fingerprint density at radius 3 is 3.06 bits per heavy atom. The monoisotopic (exact) mass is 290 g/mol. The standard InChI is InChI=1S/C10H12BrNO4/c11-4-1-5-16-9-2-3-10(12(14)15)8(6-9)7-13/h2-3,6,13H,1,4-5,7H2/i13D. The third kappa shape index (κ3) is 3.46. The smallest absolute Gasteiger partial charge is 0.275 e. The highest BCUT2D eigenvalue weighted by Gasteiger charge is 2.13. The van der Waals surface area contributed by atoms with E-state index >= 15 is 0 Å². The topological polar surface area (TPSA) is 72.6 Å². The Hall–Kier alpha value is -1.14. The van der Waals surface area contributed by atoms with Gasteiger partial charge in [-0.2, -0.15) is 0 Å². The second-order valence-electron chi connectivity index (χ2n) is 3.08. The summed E-state index contributed by atoms with van der Waals surface area (Å²) < 4.78 is 12.0. The van der Waals surface area contributed by atoms with Crippen LogP contribution < -0.4 is 4.74 Å². The minimum Gasteiger partial charge on any atom is -0.494 e. The zero-order valence-electron chi connectivity index (χ0n) is 9.52. The predicted molar refractivity (Wildman–Crippen MR) is 62.9 cm³/mol. The fourth-order valence-electron chi connectivity index (χ4n) is 1.19. The van der Waals surface area contributed by atoms with Crippen molar-refractivity contribution in [2.24, 2.45) is 0 Å². The van der Waals surface area contributed by atoms with Crippen molar-refractivity contribution in [1.82, 2.24) is 0 Å². The van der Waals surface area contributed by atoms with E-state index in [0.29, 0.717) is 17.9 Å². The fraction of sp³-hybridized carbons (Fsp3) is 0.400. The van der Waals surface area contributed by atoms with Crippen molar-refractivity contribution in [2.75, 3.05) is 11.9 Å². The molecule has 0 saturated carbocycles. The molecule has 0 heterocycles. The molecule has 6 heteroatoms. The summed E-state index contributed by atoms with van der Waals surface area (Å²) in [4.78, 5) is 10.2. The van der Waals surface area contributed by atoms with Crippen molar-refractivity contribution in [3.05, 3.63) is 33.9 Å². The number of hydrogen-bond donors (Lipinski definition) is 1. The molecule has 0 radical (unpaired) electrons. The van der Waals surface area contributed by atoms with Crippen LogP contribution in [0.1, 0.15) is 12.0 Å². The molecule has 5 nitrogen and oxygen atoms in total. The fourth-order valence-corrected chi connectivity index (χ4v) is 1.42. The van der Waals surface area contributed by atoms with Crippen LogP contribution in [0.5, 0.6) is 5.75 Å². The first-order chi connectivity index (χ1) is 8.19. The number of aliphatic hydroxyl groups is 1. The van der Waals surface area contributed by atoms with E-state index in [1.807, 2.05) is 0 Å². The van der Waals surface area contributed by atoms with E-state index in [2.05, 4.69) is 21.0 Å². The molecule has 0 amide bonds. The van der Waals surface area contributed by atoms with Gasteiger partial charge in [0.1, 0.15) is 5.75 Å². The Morgan fingerprint density at radius 2 is 2.44 bits per heavy atom. The summed E-state index contributed by atoms with van der Waals surface area (Å²) in [6.45, 7) is 0.399. The van der Waals surface area contributed by atoms with Gasteiger partial charge in [0.15, 0.2) is 0 Å². The molecule has 0 aliphatic carbocycles. The molecule has 0 fully saturated rings. The third-order valence-electron chi connectivity index (χ3n) is 1.95. The summed E-state index contributed by atoms with van der Waals surface area (Å²) in [6.07, 6.45) is 0.848. The van der Waals surface area contributed by atoms with Gasteiger partial charge in [-0.1, -0.05) is 15.9 Å². The first-order valence-electron chi connectivity index (χ1n) is 5.14. The Kier molecular flexibility index (Phi) is 4.57. The Labute approximate surface area is 103 Å². The van der Waals surface area contributed by atoms with Crippen molar-refractivity contribution >= 4 is 21.6 Å². The van der Waals surface area contributed by atoms with E-state index in [4.69, 9.17) is 6.17 Å². The molecular formula is C10H12BrNO4. The van der Waals surface area contributed by atoms with Crippen LogP contribution in [0.25, 0.3) is 0 Å². The van der Waals surface area contributed by atoms with Crippen LogP contribution in [0.4, 0.5) is 5.69 Å². The third-order valence-corrected chi connectivity index (χ3v) is 2.51. The lowest BCUT2D eigenvalue weighted by Gasteiger charge is -2.06. The van der Waals surface area contributed by atoms with Crippen LogP contribution in [-0.4, -0.2) is 23.4 Å². The van der Waals surface area contributed by atoms with Crippen molar-refractivity contribution in [2.45, 2.75) is 13.0 Å². The maximum absolute atomic E-state index is 10.7. The first-order valence-corrected chi connectivity index (χ1v) is 5.85.